The van der Waals surface area contributed by atoms with Crippen molar-refractivity contribution in [2.45, 2.75) is 82.8 Å². The van der Waals surface area contributed by atoms with E-state index in [2.05, 4.69) is 24.1 Å². The number of carboxylic acid groups (broad SMARTS) is 1. The van der Waals surface area contributed by atoms with Crippen LogP contribution in [0.3, 0.4) is 0 Å². The first-order valence-electron chi connectivity index (χ1n) is 8.65. The monoisotopic (exact) mass is 294 g/mol. The molecule has 2 saturated carbocycles. The van der Waals surface area contributed by atoms with Gasteiger partial charge >= 0.3 is 5.97 Å². The molecule has 3 rings (SSSR count). The lowest BCUT2D eigenvalue weighted by Crippen LogP contribution is -2.59. The lowest BCUT2D eigenvalue weighted by molar-refractivity contribution is -0.147. The topological polar surface area (TPSA) is 52.6 Å². The van der Waals surface area contributed by atoms with Gasteiger partial charge in [0.15, 0.2) is 0 Å². The molecule has 0 amide bonds. The van der Waals surface area contributed by atoms with Crippen LogP contribution in [0, 0.1) is 5.41 Å². The van der Waals surface area contributed by atoms with E-state index in [0.717, 1.165) is 45.2 Å². The van der Waals surface area contributed by atoms with Crippen molar-refractivity contribution >= 4 is 5.97 Å². The maximum atomic E-state index is 11.9. The largest absolute Gasteiger partial charge is 0.480 e. The SMILES string of the molecule is CC1(C)CCN(C2CCCC(NC3CC3)(C(=O)O)C2)CC1. The Morgan fingerprint density at radius 1 is 1.14 bits per heavy atom. The predicted octanol–water partition coefficient (Wildman–Crippen LogP) is 2.63. The fourth-order valence-corrected chi connectivity index (χ4v) is 4.06. The maximum absolute atomic E-state index is 11.9. The average Bonchev–Trinajstić information content (AvgIpc) is 3.22. The molecule has 21 heavy (non-hydrogen) atoms. The smallest absolute Gasteiger partial charge is 0.323 e. The minimum Gasteiger partial charge on any atom is -0.480 e. The molecule has 3 aliphatic rings. The number of hydrogen-bond donors (Lipinski definition) is 2. The van der Waals surface area contributed by atoms with Gasteiger partial charge in [-0.05, 0) is 69.9 Å². The predicted molar refractivity (Wildman–Crippen MR) is 83.4 cm³/mol. The highest BCUT2D eigenvalue weighted by atomic mass is 16.4. The van der Waals surface area contributed by atoms with Crippen molar-refractivity contribution in [2.24, 2.45) is 5.41 Å². The highest BCUT2D eigenvalue weighted by Gasteiger charge is 2.47. The molecule has 2 atom stereocenters. The van der Waals surface area contributed by atoms with E-state index in [-0.39, 0.29) is 0 Å². The fourth-order valence-electron chi connectivity index (χ4n) is 4.06. The molecule has 4 heteroatoms. The van der Waals surface area contributed by atoms with Crippen molar-refractivity contribution in [3.8, 4) is 0 Å². The van der Waals surface area contributed by atoms with Crippen LogP contribution in [0.5, 0.6) is 0 Å². The van der Waals surface area contributed by atoms with Crippen LogP contribution in [0.4, 0.5) is 0 Å². The van der Waals surface area contributed by atoms with Crippen LogP contribution >= 0.6 is 0 Å². The lowest BCUT2D eigenvalue weighted by Gasteiger charge is -2.46. The van der Waals surface area contributed by atoms with Gasteiger partial charge < -0.3 is 10.0 Å². The number of aliphatic carboxylic acids is 1. The zero-order valence-electron chi connectivity index (χ0n) is 13.5. The Balaban J connectivity index is 1.65. The van der Waals surface area contributed by atoms with E-state index in [1.165, 1.54) is 19.3 Å². The molecule has 1 saturated heterocycles. The minimum atomic E-state index is -0.656. The Hall–Kier alpha value is -0.610. The van der Waals surface area contributed by atoms with Crippen LogP contribution in [0.1, 0.15) is 65.2 Å². The molecule has 0 spiro atoms. The Morgan fingerprint density at radius 3 is 2.38 bits per heavy atom. The highest BCUT2D eigenvalue weighted by Crippen LogP contribution is 2.38. The van der Waals surface area contributed by atoms with Gasteiger partial charge in [0.05, 0.1) is 0 Å². The van der Waals surface area contributed by atoms with E-state index in [1.54, 1.807) is 0 Å². The molecule has 2 unspecified atom stereocenters. The van der Waals surface area contributed by atoms with Crippen molar-refractivity contribution in [3.63, 3.8) is 0 Å². The minimum absolute atomic E-state index is 0.456. The summed E-state index contributed by atoms with van der Waals surface area (Å²) in [4.78, 5) is 14.5. The van der Waals surface area contributed by atoms with E-state index < -0.39 is 11.5 Å². The number of piperidine rings is 1. The van der Waals surface area contributed by atoms with Crippen molar-refractivity contribution in [1.82, 2.24) is 10.2 Å². The van der Waals surface area contributed by atoms with Crippen molar-refractivity contribution in [3.05, 3.63) is 0 Å². The van der Waals surface area contributed by atoms with Gasteiger partial charge in [0.1, 0.15) is 5.54 Å². The normalized spacial score (nSPS) is 37.3. The number of nitrogens with one attached hydrogen (secondary N) is 1. The van der Waals surface area contributed by atoms with Gasteiger partial charge in [-0.2, -0.15) is 0 Å². The molecule has 1 aliphatic heterocycles. The summed E-state index contributed by atoms with van der Waals surface area (Å²) in [5, 5.41) is 13.2. The molecular weight excluding hydrogens is 264 g/mol. The molecule has 0 bridgehead atoms. The van der Waals surface area contributed by atoms with Crippen LogP contribution in [-0.2, 0) is 4.79 Å². The Bertz CT molecular complexity index is 396. The van der Waals surface area contributed by atoms with Crippen LogP contribution in [-0.4, -0.2) is 46.7 Å². The van der Waals surface area contributed by atoms with Crippen LogP contribution in [0.25, 0.3) is 0 Å². The average molecular weight is 294 g/mol. The van der Waals surface area contributed by atoms with Crippen molar-refractivity contribution < 1.29 is 9.90 Å². The van der Waals surface area contributed by atoms with E-state index in [4.69, 9.17) is 0 Å². The second-order valence-electron chi connectivity index (χ2n) is 8.26. The molecule has 4 nitrogen and oxygen atoms in total. The summed E-state index contributed by atoms with van der Waals surface area (Å²) in [6.07, 6.45) is 8.57. The number of carboxylic acids is 1. The van der Waals surface area contributed by atoms with Gasteiger partial charge in [-0.25, -0.2) is 0 Å². The molecule has 1 heterocycles. The summed E-state index contributed by atoms with van der Waals surface area (Å²) in [6, 6.07) is 0.914. The van der Waals surface area contributed by atoms with Gasteiger partial charge in [-0.3, -0.25) is 10.1 Å². The summed E-state index contributed by atoms with van der Waals surface area (Å²) < 4.78 is 0. The Morgan fingerprint density at radius 2 is 1.81 bits per heavy atom. The quantitative estimate of drug-likeness (QED) is 0.837. The first kappa shape index (κ1) is 15.3. The molecule has 120 valence electrons. The van der Waals surface area contributed by atoms with Crippen LogP contribution in [0.15, 0.2) is 0 Å². The molecule has 0 aromatic heterocycles. The number of nitrogens with zero attached hydrogens (tertiary/aromatic N) is 1. The number of hydrogen-bond acceptors (Lipinski definition) is 3. The summed E-state index contributed by atoms with van der Waals surface area (Å²) in [6.45, 7) is 6.97. The van der Waals surface area contributed by atoms with Gasteiger partial charge in [0.25, 0.3) is 0 Å². The van der Waals surface area contributed by atoms with Gasteiger partial charge in [-0.1, -0.05) is 13.8 Å². The van der Waals surface area contributed by atoms with Gasteiger partial charge in [0, 0.05) is 12.1 Å². The Labute approximate surface area is 128 Å². The molecule has 3 fully saturated rings. The van der Waals surface area contributed by atoms with E-state index in [0.29, 0.717) is 17.5 Å². The van der Waals surface area contributed by atoms with E-state index in [9.17, 15) is 9.90 Å². The zero-order chi connectivity index (χ0) is 15.1. The molecule has 0 aromatic carbocycles. The summed E-state index contributed by atoms with van der Waals surface area (Å²) >= 11 is 0. The number of carbonyl (C=O) groups is 1. The molecule has 0 radical (unpaired) electrons. The molecular formula is C17H30N2O2. The second kappa shape index (κ2) is 5.54. The zero-order valence-corrected chi connectivity index (χ0v) is 13.5. The van der Waals surface area contributed by atoms with Crippen LogP contribution in [0.2, 0.25) is 0 Å². The highest BCUT2D eigenvalue weighted by molar-refractivity contribution is 5.79. The molecule has 2 aliphatic carbocycles. The van der Waals surface area contributed by atoms with E-state index in [1.807, 2.05) is 0 Å². The third kappa shape index (κ3) is 3.42. The van der Waals surface area contributed by atoms with Gasteiger partial charge in [0.2, 0.25) is 0 Å². The molecule has 2 N–H and O–H groups in total. The van der Waals surface area contributed by atoms with E-state index >= 15 is 0 Å². The number of likely N-dealkylation sites (tertiary alicyclic amines) is 1. The summed E-state index contributed by atoms with van der Waals surface area (Å²) in [5.74, 6) is -0.628. The van der Waals surface area contributed by atoms with Gasteiger partial charge in [-0.15, -0.1) is 0 Å². The molecule has 0 aromatic rings. The van der Waals surface area contributed by atoms with Crippen molar-refractivity contribution in [1.29, 1.82) is 0 Å². The summed E-state index contributed by atoms with van der Waals surface area (Å²) in [5.41, 5.74) is -0.196. The standard InChI is InChI=1S/C17H30N2O2/c1-16(2)8-10-19(11-9-16)14-4-3-7-17(12-14,15(20)21)18-13-5-6-13/h13-14,18H,3-12H2,1-2H3,(H,20,21). The second-order valence-corrected chi connectivity index (χ2v) is 8.26. The summed E-state index contributed by atoms with van der Waals surface area (Å²) in [7, 11) is 0. The lowest BCUT2D eigenvalue weighted by atomic mass is 9.76. The third-order valence-electron chi connectivity index (χ3n) is 5.86. The fraction of sp³-hybridized carbons (Fsp3) is 0.941. The number of rotatable bonds is 4. The first-order valence-corrected chi connectivity index (χ1v) is 8.65. The van der Waals surface area contributed by atoms with Crippen LogP contribution < -0.4 is 5.32 Å². The first-order chi connectivity index (χ1) is 9.90. The maximum Gasteiger partial charge on any atom is 0.323 e. The Kier molecular flexibility index (Phi) is 4.04. The van der Waals surface area contributed by atoms with Crippen molar-refractivity contribution in [2.75, 3.05) is 13.1 Å². The third-order valence-corrected chi connectivity index (χ3v) is 5.86.